The van der Waals surface area contributed by atoms with E-state index < -0.39 is 37.3 Å². The second-order valence-electron chi connectivity index (χ2n) is 4.34. The van der Waals surface area contributed by atoms with Crippen LogP contribution in [0.2, 0.25) is 0 Å². The summed E-state index contributed by atoms with van der Waals surface area (Å²) in [4.78, 5) is 0. The third-order valence-electron chi connectivity index (χ3n) is 3.21. The van der Waals surface area contributed by atoms with E-state index in [0.717, 1.165) is 0 Å². The Morgan fingerprint density at radius 2 is 1.33 bits per heavy atom. The maximum atomic E-state index is 9.12. The fourth-order valence-corrected chi connectivity index (χ4v) is 3.09. The van der Waals surface area contributed by atoms with Gasteiger partial charge in [0.25, 0.3) is 0 Å². The van der Waals surface area contributed by atoms with Crippen molar-refractivity contribution in [2.24, 2.45) is 0 Å². The molecule has 0 spiro atoms. The van der Waals surface area contributed by atoms with E-state index in [1.165, 1.54) is 18.5 Å². The fourth-order valence-electron chi connectivity index (χ4n) is 1.75. The molecule has 1 aliphatic rings. The Morgan fingerprint density at radius 1 is 0.905 bits per heavy atom. The zero-order valence-corrected chi connectivity index (χ0v) is 16.4. The van der Waals surface area contributed by atoms with Gasteiger partial charge in [-0.2, -0.15) is 0 Å². The summed E-state index contributed by atoms with van der Waals surface area (Å²) in [6.45, 7) is 6.35. The van der Waals surface area contributed by atoms with Gasteiger partial charge in [0.1, 0.15) is 24.4 Å². The van der Waals surface area contributed by atoms with E-state index in [0.29, 0.717) is 7.92 Å². The van der Waals surface area contributed by atoms with Crippen molar-refractivity contribution >= 4 is 17.5 Å². The van der Waals surface area contributed by atoms with Crippen molar-refractivity contribution < 1.29 is 49.5 Å². The zero-order valence-electron chi connectivity index (χ0n) is 12.5. The first-order valence-electron chi connectivity index (χ1n) is 6.76. The van der Waals surface area contributed by atoms with Gasteiger partial charge in [-0.1, -0.05) is 20.8 Å². The van der Waals surface area contributed by atoms with Gasteiger partial charge in [-0.3, -0.25) is 0 Å². The molecule has 1 heterocycles. The first-order valence-corrected chi connectivity index (χ1v) is 11.6. The van der Waals surface area contributed by atoms with Crippen LogP contribution in [0.4, 0.5) is 0 Å². The molecular formula is C12H27AuO6PS. The SMILES string of the molecule is CCP(CC)CC.OC[C@H]1OC(O)[C@H](O)[C@@H](O)[C@@H]1O.[S]=[Au]. The van der Waals surface area contributed by atoms with Gasteiger partial charge in [-0.15, -0.1) is 7.92 Å². The van der Waals surface area contributed by atoms with Crippen molar-refractivity contribution in [1.82, 2.24) is 0 Å². The molecule has 5 N–H and O–H groups in total. The number of ether oxygens (including phenoxy) is 1. The van der Waals surface area contributed by atoms with Crippen molar-refractivity contribution in [2.75, 3.05) is 25.1 Å². The summed E-state index contributed by atoms with van der Waals surface area (Å²) < 4.78 is 4.58. The van der Waals surface area contributed by atoms with Crippen LogP contribution in [0.5, 0.6) is 0 Å². The number of rotatable bonds is 4. The molecule has 5 atom stereocenters. The first kappa shape index (κ1) is 24.4. The van der Waals surface area contributed by atoms with Crippen LogP contribution in [0, 0.1) is 0 Å². The van der Waals surface area contributed by atoms with Crippen LogP contribution in [0.1, 0.15) is 20.8 Å². The van der Waals surface area contributed by atoms with Crippen molar-refractivity contribution in [1.29, 1.82) is 0 Å². The van der Waals surface area contributed by atoms with Gasteiger partial charge in [0, 0.05) is 0 Å². The van der Waals surface area contributed by atoms with Crippen LogP contribution in [0.25, 0.3) is 0 Å². The molecule has 1 rings (SSSR count). The number of hydrogen-bond acceptors (Lipinski definition) is 7. The van der Waals surface area contributed by atoms with E-state index in [4.69, 9.17) is 25.5 Å². The fraction of sp³-hybridized carbons (Fsp3) is 1.00. The molecule has 9 heteroatoms. The van der Waals surface area contributed by atoms with E-state index in [9.17, 15) is 0 Å². The first-order chi connectivity index (χ1) is 9.92. The monoisotopic (exact) mass is 527 g/mol. The second kappa shape index (κ2) is 14.7. The van der Waals surface area contributed by atoms with Crippen molar-refractivity contribution in [3.8, 4) is 0 Å². The molecule has 133 valence electrons. The Kier molecular flexibility index (Phi) is 17.1. The van der Waals surface area contributed by atoms with Crippen molar-refractivity contribution in [3.63, 3.8) is 0 Å². The van der Waals surface area contributed by atoms with Crippen LogP contribution in [0.3, 0.4) is 0 Å². The van der Waals surface area contributed by atoms with Crippen LogP contribution < -0.4 is 0 Å². The molecule has 6 nitrogen and oxygen atoms in total. The van der Waals surface area contributed by atoms with Gasteiger partial charge in [0.05, 0.1) is 6.61 Å². The van der Waals surface area contributed by atoms with E-state index in [1.54, 1.807) is 0 Å². The Labute approximate surface area is 143 Å². The predicted octanol–water partition coefficient (Wildman–Crippen LogP) is -0.0477. The van der Waals surface area contributed by atoms with Gasteiger partial charge in [-0.25, -0.2) is 0 Å². The molecule has 0 saturated carbocycles. The van der Waals surface area contributed by atoms with E-state index >= 15 is 0 Å². The zero-order chi connectivity index (χ0) is 17.0. The summed E-state index contributed by atoms with van der Waals surface area (Å²) in [6.07, 6.45) is -2.78. The summed E-state index contributed by atoms with van der Waals surface area (Å²) in [6, 6.07) is 0. The third kappa shape index (κ3) is 9.13. The summed E-state index contributed by atoms with van der Waals surface area (Å²) in [5.41, 5.74) is 0. The normalized spacial score (nSPS) is 31.9. The minimum absolute atomic E-state index is 0.446. The Balaban J connectivity index is 0. The Morgan fingerprint density at radius 3 is 1.62 bits per heavy atom. The summed E-state index contributed by atoms with van der Waals surface area (Å²) in [5.74, 6) is 0. The van der Waals surface area contributed by atoms with Gasteiger partial charge >= 0.3 is 28.8 Å². The Bertz CT molecular complexity index is 240. The molecular weight excluding hydrogens is 500 g/mol. The summed E-state index contributed by atoms with van der Waals surface area (Å²) >= 11 is 1.86. The number of hydrogen-bond donors (Lipinski definition) is 5. The van der Waals surface area contributed by atoms with Crippen LogP contribution >= 0.6 is 17.5 Å². The maximum absolute atomic E-state index is 9.12. The van der Waals surface area contributed by atoms with Gasteiger partial charge in [0.2, 0.25) is 0 Å². The van der Waals surface area contributed by atoms with E-state index in [1.807, 2.05) is 19.2 Å². The average molecular weight is 527 g/mol. The van der Waals surface area contributed by atoms with Crippen LogP contribution in [-0.2, 0) is 23.9 Å². The van der Waals surface area contributed by atoms with Gasteiger partial charge in [0.15, 0.2) is 6.29 Å². The van der Waals surface area contributed by atoms with Gasteiger partial charge in [-0.05, 0) is 18.5 Å². The standard InChI is InChI=1S/C6H12O6.C6H15P.Au.S/c7-1-2-3(8)4(9)5(10)6(11)12-2;1-4-7(5-2)6-3;;/h2-11H,1H2;4-6H2,1-3H3;;/t2-,3-,4+,5-,6?;;;/m1.../s1. The number of aliphatic hydroxyl groups excluding tert-OH is 5. The summed E-state index contributed by atoms with van der Waals surface area (Å²) in [7, 11) is 4.47. The minimum atomic E-state index is -1.57. The summed E-state index contributed by atoms with van der Waals surface area (Å²) in [5, 5.41) is 44.7. The van der Waals surface area contributed by atoms with Crippen molar-refractivity contribution in [2.45, 2.75) is 51.5 Å². The van der Waals surface area contributed by atoms with E-state index in [-0.39, 0.29) is 0 Å². The second-order valence-corrected chi connectivity index (χ2v) is 7.58. The molecule has 0 aliphatic carbocycles. The number of aliphatic hydroxyl groups is 5. The molecule has 1 saturated heterocycles. The predicted molar refractivity (Wildman–Crippen MR) is 82.1 cm³/mol. The molecule has 1 aliphatic heterocycles. The third-order valence-corrected chi connectivity index (χ3v) is 5.89. The quantitative estimate of drug-likeness (QED) is 0.258. The molecule has 0 radical (unpaired) electrons. The Hall–Kier alpha value is 1.15. The van der Waals surface area contributed by atoms with Crippen LogP contribution in [0.15, 0.2) is 0 Å². The molecule has 0 amide bonds. The van der Waals surface area contributed by atoms with Crippen LogP contribution in [-0.4, -0.2) is 81.3 Å². The molecule has 1 unspecified atom stereocenters. The molecule has 0 aromatic heterocycles. The molecule has 0 bridgehead atoms. The molecule has 0 aromatic rings. The molecule has 21 heavy (non-hydrogen) atoms. The van der Waals surface area contributed by atoms with E-state index in [2.05, 4.69) is 35.1 Å². The van der Waals surface area contributed by atoms with Gasteiger partial charge < -0.3 is 30.3 Å². The average Bonchev–Trinajstić information content (AvgIpc) is 2.53. The molecule has 1 fully saturated rings. The molecule has 0 aromatic carbocycles. The van der Waals surface area contributed by atoms with Crippen molar-refractivity contribution in [3.05, 3.63) is 0 Å². The topological polar surface area (TPSA) is 110 Å².